The van der Waals surface area contributed by atoms with E-state index in [9.17, 15) is 4.79 Å². The summed E-state index contributed by atoms with van der Waals surface area (Å²) in [5.41, 5.74) is 1.28. The van der Waals surface area contributed by atoms with E-state index in [0.717, 1.165) is 4.47 Å². The molecule has 1 amide bonds. The molecule has 3 rings (SSSR count). The van der Waals surface area contributed by atoms with Gasteiger partial charge in [-0.25, -0.2) is 0 Å². The lowest BCUT2D eigenvalue weighted by atomic mass is 10.1. The number of hydrogen-bond donors (Lipinski definition) is 0. The second-order valence-electron chi connectivity index (χ2n) is 4.50. The number of amides is 1. The van der Waals surface area contributed by atoms with Gasteiger partial charge in [0.2, 0.25) is 0 Å². The molecular formula is C15H13BrN2O3. The quantitative estimate of drug-likeness (QED) is 0.837. The fourth-order valence-corrected chi connectivity index (χ4v) is 2.77. The molecule has 2 heterocycles. The van der Waals surface area contributed by atoms with Crippen LogP contribution in [0.5, 0.6) is 11.5 Å². The van der Waals surface area contributed by atoms with Crippen LogP contribution in [0.1, 0.15) is 10.4 Å². The number of rotatable bonds is 2. The molecule has 0 saturated heterocycles. The number of carbonyl (C=O) groups is 1. The van der Waals surface area contributed by atoms with Gasteiger partial charge in [0.15, 0.2) is 0 Å². The number of halogens is 1. The van der Waals surface area contributed by atoms with Gasteiger partial charge in [-0.15, -0.1) is 0 Å². The van der Waals surface area contributed by atoms with Crippen molar-refractivity contribution in [1.29, 1.82) is 0 Å². The molecule has 0 fully saturated rings. The van der Waals surface area contributed by atoms with Crippen molar-refractivity contribution >= 4 is 27.5 Å². The summed E-state index contributed by atoms with van der Waals surface area (Å²) in [6.45, 7) is 0.973. The Balaban J connectivity index is 1.95. The highest BCUT2D eigenvalue weighted by molar-refractivity contribution is 9.10. The summed E-state index contributed by atoms with van der Waals surface area (Å²) in [5, 5.41) is 0. The van der Waals surface area contributed by atoms with Gasteiger partial charge < -0.3 is 14.4 Å². The van der Waals surface area contributed by atoms with Crippen LogP contribution in [0.15, 0.2) is 41.1 Å². The molecule has 0 aliphatic carbocycles. The Morgan fingerprint density at radius 1 is 1.43 bits per heavy atom. The van der Waals surface area contributed by atoms with E-state index in [1.165, 1.54) is 0 Å². The standard InChI is InChI=1S/C15H13BrN2O3/c1-20-13-3-2-10(8-11(13)16)15(19)18-6-7-21-14-4-5-17-9-12(14)18/h2-5,8-9H,6-7H2,1H3. The van der Waals surface area contributed by atoms with Crippen molar-refractivity contribution < 1.29 is 14.3 Å². The molecule has 0 N–H and O–H groups in total. The highest BCUT2D eigenvalue weighted by Gasteiger charge is 2.25. The monoisotopic (exact) mass is 348 g/mol. The molecule has 0 unspecified atom stereocenters. The number of fused-ring (bicyclic) bond motifs is 1. The highest BCUT2D eigenvalue weighted by Crippen LogP contribution is 2.32. The Morgan fingerprint density at radius 3 is 3.05 bits per heavy atom. The molecule has 2 aromatic rings. The molecule has 108 valence electrons. The maximum atomic E-state index is 12.7. The topological polar surface area (TPSA) is 51.7 Å². The zero-order valence-corrected chi connectivity index (χ0v) is 13.0. The summed E-state index contributed by atoms with van der Waals surface area (Å²) in [7, 11) is 1.59. The third-order valence-corrected chi connectivity index (χ3v) is 3.89. The van der Waals surface area contributed by atoms with Gasteiger partial charge in [0.1, 0.15) is 23.8 Å². The smallest absolute Gasteiger partial charge is 0.258 e. The molecule has 1 aromatic heterocycles. The molecular weight excluding hydrogens is 336 g/mol. The van der Waals surface area contributed by atoms with Crippen LogP contribution in [-0.4, -0.2) is 31.2 Å². The van der Waals surface area contributed by atoms with Crippen LogP contribution in [0.2, 0.25) is 0 Å². The number of aromatic nitrogens is 1. The van der Waals surface area contributed by atoms with E-state index in [1.807, 2.05) is 0 Å². The molecule has 6 heteroatoms. The van der Waals surface area contributed by atoms with E-state index >= 15 is 0 Å². The van der Waals surface area contributed by atoms with Crippen molar-refractivity contribution in [2.24, 2.45) is 0 Å². The lowest BCUT2D eigenvalue weighted by molar-refractivity contribution is 0.0976. The van der Waals surface area contributed by atoms with Crippen molar-refractivity contribution in [3.63, 3.8) is 0 Å². The molecule has 0 spiro atoms. The average molecular weight is 349 g/mol. The van der Waals surface area contributed by atoms with E-state index in [2.05, 4.69) is 20.9 Å². The van der Waals surface area contributed by atoms with Gasteiger partial charge in [0, 0.05) is 17.8 Å². The van der Waals surface area contributed by atoms with E-state index < -0.39 is 0 Å². The van der Waals surface area contributed by atoms with Crippen LogP contribution in [0.3, 0.4) is 0 Å². The predicted octanol–water partition coefficient (Wildman–Crippen LogP) is 2.89. The first kappa shape index (κ1) is 13.9. The van der Waals surface area contributed by atoms with Crippen molar-refractivity contribution in [1.82, 2.24) is 4.98 Å². The van der Waals surface area contributed by atoms with Gasteiger partial charge >= 0.3 is 0 Å². The molecule has 1 aromatic carbocycles. The van der Waals surface area contributed by atoms with E-state index in [4.69, 9.17) is 9.47 Å². The number of hydrogen-bond acceptors (Lipinski definition) is 4. The molecule has 0 radical (unpaired) electrons. The minimum Gasteiger partial charge on any atom is -0.496 e. The van der Waals surface area contributed by atoms with Gasteiger partial charge in [-0.3, -0.25) is 9.78 Å². The van der Waals surface area contributed by atoms with Crippen LogP contribution < -0.4 is 14.4 Å². The molecule has 0 bridgehead atoms. The van der Waals surface area contributed by atoms with Crippen LogP contribution in [0, 0.1) is 0 Å². The summed E-state index contributed by atoms with van der Waals surface area (Å²) in [5.74, 6) is 1.28. The minimum absolute atomic E-state index is 0.0871. The molecule has 0 atom stereocenters. The fourth-order valence-electron chi connectivity index (χ4n) is 2.23. The predicted molar refractivity (Wildman–Crippen MR) is 82.1 cm³/mol. The number of pyridine rings is 1. The van der Waals surface area contributed by atoms with Crippen molar-refractivity contribution in [3.05, 3.63) is 46.7 Å². The number of nitrogens with zero attached hydrogens (tertiary/aromatic N) is 2. The van der Waals surface area contributed by atoms with E-state index in [-0.39, 0.29) is 5.91 Å². The van der Waals surface area contributed by atoms with E-state index in [1.54, 1.807) is 48.7 Å². The number of anilines is 1. The summed E-state index contributed by atoms with van der Waals surface area (Å²) >= 11 is 3.40. The lowest BCUT2D eigenvalue weighted by Crippen LogP contribution is -2.38. The summed E-state index contributed by atoms with van der Waals surface area (Å²) in [6, 6.07) is 7.03. The number of benzene rings is 1. The summed E-state index contributed by atoms with van der Waals surface area (Å²) < 4.78 is 11.5. The Bertz CT molecular complexity index is 690. The Hall–Kier alpha value is -2.08. The first-order valence-corrected chi connectivity index (χ1v) is 7.22. The first-order chi connectivity index (χ1) is 10.2. The second kappa shape index (κ2) is 5.73. The third-order valence-electron chi connectivity index (χ3n) is 3.27. The Morgan fingerprint density at radius 2 is 2.29 bits per heavy atom. The van der Waals surface area contributed by atoms with Crippen molar-refractivity contribution in [2.45, 2.75) is 0 Å². The Kier molecular flexibility index (Phi) is 3.79. The van der Waals surface area contributed by atoms with Crippen molar-refractivity contribution in [3.8, 4) is 11.5 Å². The van der Waals surface area contributed by atoms with Crippen LogP contribution in [0.25, 0.3) is 0 Å². The van der Waals surface area contributed by atoms with Crippen LogP contribution >= 0.6 is 15.9 Å². The van der Waals surface area contributed by atoms with Gasteiger partial charge in [-0.2, -0.15) is 0 Å². The summed E-state index contributed by atoms with van der Waals surface area (Å²) in [6.07, 6.45) is 3.29. The average Bonchev–Trinajstić information content (AvgIpc) is 2.53. The lowest BCUT2D eigenvalue weighted by Gasteiger charge is -2.29. The van der Waals surface area contributed by atoms with Gasteiger partial charge in [0.25, 0.3) is 5.91 Å². The number of methoxy groups -OCH3 is 1. The zero-order chi connectivity index (χ0) is 14.8. The van der Waals surface area contributed by atoms with Crippen LogP contribution in [0.4, 0.5) is 5.69 Å². The molecule has 0 saturated carbocycles. The normalized spacial score (nSPS) is 13.3. The number of carbonyl (C=O) groups excluding carboxylic acids is 1. The SMILES string of the molecule is COc1ccc(C(=O)N2CCOc3ccncc32)cc1Br. The zero-order valence-electron chi connectivity index (χ0n) is 11.4. The second-order valence-corrected chi connectivity index (χ2v) is 5.35. The molecule has 5 nitrogen and oxygen atoms in total. The van der Waals surface area contributed by atoms with Crippen LogP contribution in [-0.2, 0) is 0 Å². The Labute approximate surface area is 130 Å². The van der Waals surface area contributed by atoms with Gasteiger partial charge in [-0.05, 0) is 34.1 Å². The maximum Gasteiger partial charge on any atom is 0.258 e. The molecule has 1 aliphatic heterocycles. The summed E-state index contributed by atoms with van der Waals surface area (Å²) in [4.78, 5) is 18.4. The number of ether oxygens (including phenoxy) is 2. The highest BCUT2D eigenvalue weighted by atomic mass is 79.9. The molecule has 1 aliphatic rings. The molecule has 21 heavy (non-hydrogen) atoms. The maximum absolute atomic E-state index is 12.7. The third kappa shape index (κ3) is 2.58. The largest absolute Gasteiger partial charge is 0.496 e. The van der Waals surface area contributed by atoms with Gasteiger partial charge in [-0.1, -0.05) is 0 Å². The fraction of sp³-hybridized carbons (Fsp3) is 0.200. The van der Waals surface area contributed by atoms with E-state index in [0.29, 0.717) is 35.9 Å². The van der Waals surface area contributed by atoms with Gasteiger partial charge in [0.05, 0.1) is 24.3 Å². The van der Waals surface area contributed by atoms with Crippen molar-refractivity contribution in [2.75, 3.05) is 25.2 Å². The minimum atomic E-state index is -0.0871. The first-order valence-electron chi connectivity index (χ1n) is 6.43.